The van der Waals surface area contributed by atoms with E-state index in [0.29, 0.717) is 12.1 Å². The molecule has 0 heterocycles. The van der Waals surface area contributed by atoms with Crippen LogP contribution in [0.3, 0.4) is 0 Å². The highest BCUT2D eigenvalue weighted by molar-refractivity contribution is 5.83. The van der Waals surface area contributed by atoms with E-state index in [1.54, 1.807) is 6.92 Å². The molecule has 0 unspecified atom stereocenters. The Morgan fingerprint density at radius 3 is 2.50 bits per heavy atom. The standard InChI is InChI=1S/C15H15NO2/c1-12(16-17)10-13-6-5-9-15(11-13)18-14-7-3-2-4-8-14/h2-9,11,17H,10H2,1H3/b16-12-. The van der Waals surface area contributed by atoms with Crippen LogP contribution in [0.5, 0.6) is 11.5 Å². The molecule has 0 saturated heterocycles. The summed E-state index contributed by atoms with van der Waals surface area (Å²) in [7, 11) is 0. The minimum atomic E-state index is 0.614. The lowest BCUT2D eigenvalue weighted by Crippen LogP contribution is -1.97. The molecule has 18 heavy (non-hydrogen) atoms. The van der Waals surface area contributed by atoms with Gasteiger partial charge in [0, 0.05) is 6.42 Å². The molecule has 3 heteroatoms. The molecule has 0 aliphatic heterocycles. The first-order valence-electron chi connectivity index (χ1n) is 5.77. The van der Waals surface area contributed by atoms with E-state index in [4.69, 9.17) is 9.94 Å². The Kier molecular flexibility index (Phi) is 3.97. The molecule has 0 saturated carbocycles. The number of hydrogen-bond donors (Lipinski definition) is 1. The molecule has 0 aliphatic carbocycles. The minimum Gasteiger partial charge on any atom is -0.457 e. The van der Waals surface area contributed by atoms with E-state index < -0.39 is 0 Å². The zero-order valence-corrected chi connectivity index (χ0v) is 10.2. The second kappa shape index (κ2) is 5.87. The first-order valence-corrected chi connectivity index (χ1v) is 5.77. The molecular formula is C15H15NO2. The molecule has 0 aliphatic rings. The summed E-state index contributed by atoms with van der Waals surface area (Å²) in [5.74, 6) is 1.59. The maximum absolute atomic E-state index is 8.66. The predicted octanol–water partition coefficient (Wildman–Crippen LogP) is 3.87. The topological polar surface area (TPSA) is 41.8 Å². The Balaban J connectivity index is 2.13. The fraction of sp³-hybridized carbons (Fsp3) is 0.133. The summed E-state index contributed by atoms with van der Waals surface area (Å²) in [6, 6.07) is 17.4. The van der Waals surface area contributed by atoms with Crippen molar-refractivity contribution in [3.05, 3.63) is 60.2 Å². The van der Waals surface area contributed by atoms with Gasteiger partial charge >= 0.3 is 0 Å². The van der Waals surface area contributed by atoms with Gasteiger partial charge in [-0.15, -0.1) is 0 Å². The highest BCUT2D eigenvalue weighted by Gasteiger charge is 2.00. The molecule has 0 atom stereocenters. The van der Waals surface area contributed by atoms with Gasteiger partial charge in [-0.1, -0.05) is 35.5 Å². The summed E-state index contributed by atoms with van der Waals surface area (Å²) in [6.45, 7) is 1.78. The van der Waals surface area contributed by atoms with Gasteiger partial charge in [-0.05, 0) is 36.8 Å². The molecule has 0 radical (unpaired) electrons. The van der Waals surface area contributed by atoms with Gasteiger partial charge in [-0.25, -0.2) is 0 Å². The molecule has 2 aromatic carbocycles. The van der Waals surface area contributed by atoms with Crippen LogP contribution in [0.2, 0.25) is 0 Å². The number of benzene rings is 2. The number of ether oxygens (including phenoxy) is 1. The number of para-hydroxylation sites is 1. The van der Waals surface area contributed by atoms with Crippen molar-refractivity contribution in [3.8, 4) is 11.5 Å². The molecule has 2 rings (SSSR count). The van der Waals surface area contributed by atoms with Crippen LogP contribution in [0, 0.1) is 0 Å². The molecule has 3 nitrogen and oxygen atoms in total. The van der Waals surface area contributed by atoms with Crippen molar-refractivity contribution in [1.29, 1.82) is 0 Å². The van der Waals surface area contributed by atoms with Gasteiger partial charge in [0.05, 0.1) is 5.71 Å². The third kappa shape index (κ3) is 3.35. The first kappa shape index (κ1) is 12.2. The lowest BCUT2D eigenvalue weighted by atomic mass is 10.1. The van der Waals surface area contributed by atoms with Gasteiger partial charge in [-0.2, -0.15) is 0 Å². The Bertz CT molecular complexity index is 535. The van der Waals surface area contributed by atoms with Gasteiger partial charge in [0.1, 0.15) is 11.5 Å². The van der Waals surface area contributed by atoms with E-state index in [1.807, 2.05) is 54.6 Å². The zero-order valence-electron chi connectivity index (χ0n) is 10.2. The maximum atomic E-state index is 8.66. The summed E-state index contributed by atoms with van der Waals surface area (Å²) >= 11 is 0. The van der Waals surface area contributed by atoms with Crippen molar-refractivity contribution < 1.29 is 9.94 Å². The highest BCUT2D eigenvalue weighted by atomic mass is 16.5. The SMILES string of the molecule is C/C(Cc1cccc(Oc2ccccc2)c1)=N/O. The van der Waals surface area contributed by atoms with Crippen molar-refractivity contribution >= 4 is 5.71 Å². The van der Waals surface area contributed by atoms with E-state index in [9.17, 15) is 0 Å². The number of nitrogens with zero attached hydrogens (tertiary/aromatic N) is 1. The lowest BCUT2D eigenvalue weighted by Gasteiger charge is -2.07. The molecule has 92 valence electrons. The van der Waals surface area contributed by atoms with Gasteiger partial charge < -0.3 is 9.94 Å². The van der Waals surface area contributed by atoms with Crippen molar-refractivity contribution in [2.75, 3.05) is 0 Å². The molecule has 0 aromatic heterocycles. The summed E-state index contributed by atoms with van der Waals surface area (Å²) in [6.07, 6.45) is 0.614. The van der Waals surface area contributed by atoms with Gasteiger partial charge in [0.25, 0.3) is 0 Å². The zero-order chi connectivity index (χ0) is 12.8. The molecule has 0 fully saturated rings. The molecule has 1 N–H and O–H groups in total. The first-order chi connectivity index (χ1) is 8.78. The fourth-order valence-electron chi connectivity index (χ4n) is 1.67. The van der Waals surface area contributed by atoms with E-state index in [2.05, 4.69) is 5.16 Å². The second-order valence-electron chi connectivity index (χ2n) is 4.07. The molecule has 0 bridgehead atoms. The maximum Gasteiger partial charge on any atom is 0.127 e. The molecular weight excluding hydrogens is 226 g/mol. The van der Waals surface area contributed by atoms with Crippen LogP contribution in [0.1, 0.15) is 12.5 Å². The Labute approximate surface area is 106 Å². The molecule has 0 amide bonds. The summed E-state index contributed by atoms with van der Waals surface area (Å²) in [5.41, 5.74) is 1.73. The average molecular weight is 241 g/mol. The summed E-state index contributed by atoms with van der Waals surface area (Å²) in [4.78, 5) is 0. The lowest BCUT2D eigenvalue weighted by molar-refractivity contribution is 0.317. The third-order valence-electron chi connectivity index (χ3n) is 2.51. The van der Waals surface area contributed by atoms with E-state index in [-0.39, 0.29) is 0 Å². The van der Waals surface area contributed by atoms with Gasteiger partial charge in [0.2, 0.25) is 0 Å². The van der Waals surface area contributed by atoms with E-state index >= 15 is 0 Å². The normalized spacial score (nSPS) is 11.3. The number of hydrogen-bond acceptors (Lipinski definition) is 3. The van der Waals surface area contributed by atoms with Crippen molar-refractivity contribution in [1.82, 2.24) is 0 Å². The van der Waals surface area contributed by atoms with Crippen molar-refractivity contribution in [2.45, 2.75) is 13.3 Å². The molecule has 2 aromatic rings. The Hall–Kier alpha value is -2.29. The summed E-state index contributed by atoms with van der Waals surface area (Å²) < 4.78 is 5.73. The monoisotopic (exact) mass is 241 g/mol. The van der Waals surface area contributed by atoms with E-state index in [0.717, 1.165) is 17.1 Å². The minimum absolute atomic E-state index is 0.614. The largest absolute Gasteiger partial charge is 0.457 e. The van der Waals surface area contributed by atoms with Crippen LogP contribution in [0.15, 0.2) is 59.8 Å². The van der Waals surface area contributed by atoms with Crippen molar-refractivity contribution in [2.24, 2.45) is 5.16 Å². The highest BCUT2D eigenvalue weighted by Crippen LogP contribution is 2.22. The van der Waals surface area contributed by atoms with Gasteiger partial charge in [0.15, 0.2) is 0 Å². The van der Waals surface area contributed by atoms with Crippen LogP contribution in [0.4, 0.5) is 0 Å². The fourth-order valence-corrected chi connectivity index (χ4v) is 1.67. The molecule has 0 spiro atoms. The Morgan fingerprint density at radius 1 is 1.06 bits per heavy atom. The van der Waals surface area contributed by atoms with Crippen LogP contribution < -0.4 is 4.74 Å². The van der Waals surface area contributed by atoms with E-state index in [1.165, 1.54) is 0 Å². The van der Waals surface area contributed by atoms with Crippen molar-refractivity contribution in [3.63, 3.8) is 0 Å². The number of oxime groups is 1. The van der Waals surface area contributed by atoms with Crippen LogP contribution in [0.25, 0.3) is 0 Å². The Morgan fingerprint density at radius 2 is 1.78 bits per heavy atom. The smallest absolute Gasteiger partial charge is 0.127 e. The van der Waals surface area contributed by atoms with Gasteiger partial charge in [-0.3, -0.25) is 0 Å². The number of rotatable bonds is 4. The quantitative estimate of drug-likeness (QED) is 0.501. The van der Waals surface area contributed by atoms with Crippen LogP contribution >= 0.6 is 0 Å². The van der Waals surface area contributed by atoms with Crippen LogP contribution in [-0.2, 0) is 6.42 Å². The third-order valence-corrected chi connectivity index (χ3v) is 2.51. The predicted molar refractivity (Wildman–Crippen MR) is 71.6 cm³/mol. The second-order valence-corrected chi connectivity index (χ2v) is 4.07. The van der Waals surface area contributed by atoms with Crippen LogP contribution in [-0.4, -0.2) is 10.9 Å². The summed E-state index contributed by atoms with van der Waals surface area (Å²) in [5, 5.41) is 11.8. The average Bonchev–Trinajstić information content (AvgIpc) is 2.40.